The number of carbonyl (C=O) groups is 2. The van der Waals surface area contributed by atoms with Gasteiger partial charge in [0.1, 0.15) is 0 Å². The Bertz CT molecular complexity index is 1150. The normalized spacial score (nSPS) is 11.6. The Hall–Kier alpha value is -2.71. The van der Waals surface area contributed by atoms with Crippen molar-refractivity contribution >= 4 is 21.8 Å². The van der Waals surface area contributed by atoms with Crippen LogP contribution < -0.4 is 0 Å². The molecule has 0 aliphatic rings. The molecule has 50 heavy (non-hydrogen) atoms. The third-order valence-corrected chi connectivity index (χ3v) is 11.6. The Kier molecular flexibility index (Phi) is 24.5. The minimum Gasteiger partial charge on any atom is -0.478 e. The highest BCUT2D eigenvalue weighted by molar-refractivity contribution is 7.91. The zero-order valence-corrected chi connectivity index (χ0v) is 32.8. The van der Waals surface area contributed by atoms with E-state index in [9.17, 15) is 18.0 Å². The van der Waals surface area contributed by atoms with E-state index in [0.717, 1.165) is 0 Å². The van der Waals surface area contributed by atoms with E-state index in [-0.39, 0.29) is 20.9 Å². The lowest BCUT2D eigenvalue weighted by Gasteiger charge is -2.39. The Morgan fingerprint density at radius 3 is 0.900 bits per heavy atom. The minimum atomic E-state index is -3.81. The van der Waals surface area contributed by atoms with Gasteiger partial charge in [0.05, 0.1) is 47.1 Å². The maximum absolute atomic E-state index is 12.3. The van der Waals surface area contributed by atoms with Crippen molar-refractivity contribution in [3.05, 3.63) is 59.7 Å². The zero-order chi connectivity index (χ0) is 37.1. The van der Waals surface area contributed by atoms with Gasteiger partial charge < -0.3 is 14.7 Å². The number of aromatic carboxylic acids is 2. The van der Waals surface area contributed by atoms with Gasteiger partial charge in [0.2, 0.25) is 9.84 Å². The largest absolute Gasteiger partial charge is 0.478 e. The first kappa shape index (κ1) is 45.3. The molecule has 0 fully saturated rings. The lowest BCUT2D eigenvalue weighted by atomic mass is 10.1. The number of carboxylic acids is 2. The van der Waals surface area contributed by atoms with Crippen molar-refractivity contribution < 1.29 is 32.7 Å². The number of nitrogens with zero attached hydrogens (tertiary/aromatic N) is 1. The molecule has 0 atom stereocenters. The van der Waals surface area contributed by atoms with E-state index in [0.29, 0.717) is 0 Å². The van der Waals surface area contributed by atoms with Crippen LogP contribution in [0.3, 0.4) is 0 Å². The first-order valence-corrected chi connectivity index (χ1v) is 21.3. The number of sulfone groups is 1. The molecule has 2 aromatic carbocycles. The van der Waals surface area contributed by atoms with Crippen molar-refractivity contribution in [1.82, 2.24) is 0 Å². The van der Waals surface area contributed by atoms with E-state index in [1.165, 1.54) is 208 Å². The molecule has 2 aromatic rings. The summed E-state index contributed by atoms with van der Waals surface area (Å²) in [5.74, 6) is -2.30. The standard InChI is InChI=1S/C28H60N.C14H10O6S/c1-5-9-13-17-21-25-29(26-22-18-14-10-6-2,27-23-19-15-11-7-3)28-24-20-16-12-8-4;15-13(16)9-1-5-11(6-2-9)21(19,20)12-7-3-10(4-8-12)14(17)18/h5-28H2,1-4H3;1-8H,(H,15,16)(H,17,18)/q+1;. The molecule has 0 amide bonds. The number of hydrogen-bond acceptors (Lipinski definition) is 4. The smallest absolute Gasteiger partial charge is 0.335 e. The van der Waals surface area contributed by atoms with Crippen LogP contribution in [0.15, 0.2) is 58.3 Å². The lowest BCUT2D eigenvalue weighted by Crippen LogP contribution is -2.50. The number of benzene rings is 2. The van der Waals surface area contributed by atoms with E-state index in [1.54, 1.807) is 0 Å². The monoisotopic (exact) mass is 716 g/mol. The van der Waals surface area contributed by atoms with Crippen LogP contribution in [0, 0.1) is 0 Å². The van der Waals surface area contributed by atoms with Crippen LogP contribution in [0.2, 0.25) is 0 Å². The molecule has 0 radical (unpaired) electrons. The number of quaternary nitrogens is 1. The van der Waals surface area contributed by atoms with Gasteiger partial charge >= 0.3 is 11.9 Å². The summed E-state index contributed by atoms with van der Waals surface area (Å²) in [7, 11) is -3.81. The topological polar surface area (TPSA) is 109 Å². The van der Waals surface area contributed by atoms with Gasteiger partial charge in [0.15, 0.2) is 0 Å². The number of carboxylic acid groups (broad SMARTS) is 2. The molecule has 0 aliphatic carbocycles. The Labute approximate surface area is 305 Å². The van der Waals surface area contributed by atoms with Gasteiger partial charge in [-0.1, -0.05) is 105 Å². The van der Waals surface area contributed by atoms with Crippen molar-refractivity contribution in [2.45, 2.75) is 166 Å². The first-order chi connectivity index (χ1) is 24.1. The molecule has 0 saturated heterocycles. The predicted octanol–water partition coefficient (Wildman–Crippen LogP) is 11.6. The highest BCUT2D eigenvalue weighted by atomic mass is 32.2. The summed E-state index contributed by atoms with van der Waals surface area (Å²) < 4.78 is 26.1. The van der Waals surface area contributed by atoms with Crippen molar-refractivity contribution in [2.75, 3.05) is 26.2 Å². The maximum atomic E-state index is 12.3. The number of rotatable bonds is 28. The minimum absolute atomic E-state index is 0.0184. The fraction of sp³-hybridized carbons (Fsp3) is 0.667. The van der Waals surface area contributed by atoms with Gasteiger partial charge in [0, 0.05) is 0 Å². The fourth-order valence-corrected chi connectivity index (χ4v) is 7.82. The summed E-state index contributed by atoms with van der Waals surface area (Å²) in [5.41, 5.74) is -0.0367. The summed E-state index contributed by atoms with van der Waals surface area (Å²) in [6.45, 7) is 15.2. The quantitative estimate of drug-likeness (QED) is 0.0670. The Morgan fingerprint density at radius 1 is 0.440 bits per heavy atom. The number of unbranched alkanes of at least 4 members (excludes halogenated alkanes) is 16. The second-order valence-corrected chi connectivity index (χ2v) is 16.0. The van der Waals surface area contributed by atoms with Crippen molar-refractivity contribution in [1.29, 1.82) is 0 Å². The van der Waals surface area contributed by atoms with Gasteiger partial charge in [-0.3, -0.25) is 0 Å². The van der Waals surface area contributed by atoms with Crippen LogP contribution in [-0.4, -0.2) is 61.2 Å². The molecule has 0 bridgehead atoms. The molecule has 7 nitrogen and oxygen atoms in total. The molecule has 0 saturated carbocycles. The third-order valence-electron chi connectivity index (χ3n) is 9.77. The zero-order valence-electron chi connectivity index (χ0n) is 32.0. The molecule has 0 aromatic heterocycles. The maximum Gasteiger partial charge on any atom is 0.335 e. The highest BCUT2D eigenvalue weighted by Gasteiger charge is 2.26. The van der Waals surface area contributed by atoms with Crippen molar-refractivity contribution in [2.24, 2.45) is 0 Å². The fourth-order valence-electron chi connectivity index (χ4n) is 6.56. The highest BCUT2D eigenvalue weighted by Crippen LogP contribution is 2.22. The molecular weight excluding hydrogens is 647 g/mol. The van der Waals surface area contributed by atoms with Gasteiger partial charge in [-0.2, -0.15) is 0 Å². The first-order valence-electron chi connectivity index (χ1n) is 19.8. The molecular formula is C42H70NO6S+. The molecule has 8 heteroatoms. The molecule has 2 N–H and O–H groups in total. The van der Waals surface area contributed by atoms with Gasteiger partial charge in [-0.15, -0.1) is 0 Å². The third kappa shape index (κ3) is 18.5. The molecule has 0 aliphatic heterocycles. The lowest BCUT2D eigenvalue weighted by molar-refractivity contribution is -0.929. The molecule has 284 valence electrons. The van der Waals surface area contributed by atoms with Crippen LogP contribution in [-0.2, 0) is 9.84 Å². The molecule has 2 rings (SSSR count). The Morgan fingerprint density at radius 2 is 0.680 bits per heavy atom. The second-order valence-electron chi connectivity index (χ2n) is 14.1. The van der Waals surface area contributed by atoms with Crippen LogP contribution >= 0.6 is 0 Å². The van der Waals surface area contributed by atoms with Crippen LogP contribution in [0.4, 0.5) is 0 Å². The van der Waals surface area contributed by atoms with Crippen LogP contribution in [0.25, 0.3) is 0 Å². The number of hydrogen-bond donors (Lipinski definition) is 2. The van der Waals surface area contributed by atoms with Gasteiger partial charge in [-0.05, 0) is 99.9 Å². The van der Waals surface area contributed by atoms with Crippen LogP contribution in [0.5, 0.6) is 0 Å². The Balaban J connectivity index is 0.000000523. The van der Waals surface area contributed by atoms with Crippen molar-refractivity contribution in [3.63, 3.8) is 0 Å². The molecule has 0 spiro atoms. The van der Waals surface area contributed by atoms with E-state index < -0.39 is 21.8 Å². The average Bonchev–Trinajstić information content (AvgIpc) is 3.11. The molecule has 0 unspecified atom stereocenters. The second kappa shape index (κ2) is 27.0. The summed E-state index contributed by atoms with van der Waals surface area (Å²) >= 11 is 0. The van der Waals surface area contributed by atoms with E-state index in [4.69, 9.17) is 10.2 Å². The van der Waals surface area contributed by atoms with Crippen LogP contribution in [0.1, 0.15) is 177 Å². The summed E-state index contributed by atoms with van der Waals surface area (Å²) in [5, 5.41) is 17.5. The molecule has 0 heterocycles. The van der Waals surface area contributed by atoms with Gasteiger partial charge in [0.25, 0.3) is 0 Å². The van der Waals surface area contributed by atoms with E-state index in [1.807, 2.05) is 0 Å². The van der Waals surface area contributed by atoms with E-state index in [2.05, 4.69) is 27.7 Å². The predicted molar refractivity (Wildman–Crippen MR) is 207 cm³/mol. The van der Waals surface area contributed by atoms with E-state index >= 15 is 0 Å². The summed E-state index contributed by atoms with van der Waals surface area (Å²) in [6, 6.07) is 9.57. The van der Waals surface area contributed by atoms with Gasteiger partial charge in [-0.25, -0.2) is 18.0 Å². The van der Waals surface area contributed by atoms with Crippen molar-refractivity contribution in [3.8, 4) is 0 Å². The average molecular weight is 717 g/mol. The SMILES string of the molecule is CCCCCCC[N+](CCCCCCC)(CCCCCCC)CCCCCCC.O=C(O)c1ccc(S(=O)(=O)c2ccc(C(=O)O)cc2)cc1. The summed E-state index contributed by atoms with van der Waals surface area (Å²) in [6.07, 6.45) is 28.8. The summed E-state index contributed by atoms with van der Waals surface area (Å²) in [4.78, 5) is 21.3.